The first-order valence-electron chi connectivity index (χ1n) is 12.2. The third kappa shape index (κ3) is 2.65. The highest BCUT2D eigenvalue weighted by Gasteiger charge is 2.19. The number of aromatic nitrogens is 3. The van der Waals surface area contributed by atoms with Crippen molar-refractivity contribution in [2.24, 2.45) is 0 Å². The highest BCUT2D eigenvalue weighted by atomic mass is 15.1. The molecule has 0 saturated heterocycles. The molecule has 0 aliphatic carbocycles. The van der Waals surface area contributed by atoms with Crippen LogP contribution in [0.25, 0.3) is 65.9 Å². The van der Waals surface area contributed by atoms with Crippen LogP contribution in [0.2, 0.25) is 0 Å². The van der Waals surface area contributed by atoms with Crippen molar-refractivity contribution in [3.8, 4) is 11.5 Å². The van der Waals surface area contributed by atoms with Crippen LogP contribution in [0.5, 0.6) is 0 Å². The predicted octanol–water partition coefficient (Wildman–Crippen LogP) is 8.43. The smallest absolute Gasteiger partial charge is 0.137 e. The Balaban J connectivity index is 1.61. The Hall–Kier alpha value is -4.89. The molecule has 0 unspecified atom stereocenters. The van der Waals surface area contributed by atoms with Gasteiger partial charge in [-0.2, -0.15) is 0 Å². The number of hydrogen-bond acceptors (Lipinski definition) is 1. The molecule has 8 rings (SSSR count). The lowest BCUT2D eigenvalue weighted by Gasteiger charge is -2.09. The summed E-state index contributed by atoms with van der Waals surface area (Å²) in [5, 5.41) is 7.46. The van der Waals surface area contributed by atoms with Gasteiger partial charge in [0, 0.05) is 33.4 Å². The summed E-state index contributed by atoms with van der Waals surface area (Å²) in [6.07, 6.45) is 1.86. The number of nitrogens with zero attached hydrogens (tertiary/aromatic N) is 3. The summed E-state index contributed by atoms with van der Waals surface area (Å²) in [6, 6.07) is 43.4. The lowest BCUT2D eigenvalue weighted by molar-refractivity contribution is 1.08. The number of para-hydroxylation sites is 2. The van der Waals surface area contributed by atoms with Gasteiger partial charge in [0.15, 0.2) is 0 Å². The molecule has 3 nitrogen and oxygen atoms in total. The highest BCUT2D eigenvalue weighted by molar-refractivity contribution is 6.20. The summed E-state index contributed by atoms with van der Waals surface area (Å²) in [4.78, 5) is 4.72. The van der Waals surface area contributed by atoms with Crippen molar-refractivity contribution in [1.82, 2.24) is 14.1 Å². The molecule has 0 amide bonds. The zero-order valence-corrected chi connectivity index (χ0v) is 19.5. The largest absolute Gasteiger partial charge is 0.309 e. The average Bonchev–Trinajstić information content (AvgIpc) is 3.43. The summed E-state index contributed by atoms with van der Waals surface area (Å²) in [5.41, 5.74) is 5.93. The summed E-state index contributed by atoms with van der Waals surface area (Å²) in [5.74, 6) is 0.931. The SMILES string of the molecule is c1ccc(-n2c3cc4ccccc4cc3c3cc4c(cc32)c2ccccc2n4-c2ccccn2)cc1. The Morgan fingerprint density at radius 1 is 0.417 bits per heavy atom. The van der Waals surface area contributed by atoms with Gasteiger partial charge >= 0.3 is 0 Å². The molecule has 8 aromatic rings. The molecule has 3 heterocycles. The maximum Gasteiger partial charge on any atom is 0.137 e. The molecule has 3 heteroatoms. The van der Waals surface area contributed by atoms with Crippen molar-refractivity contribution in [3.05, 3.63) is 128 Å². The van der Waals surface area contributed by atoms with Crippen molar-refractivity contribution >= 4 is 54.4 Å². The maximum absolute atomic E-state index is 4.72. The van der Waals surface area contributed by atoms with E-state index in [2.05, 4.69) is 124 Å². The molecule has 0 radical (unpaired) electrons. The highest BCUT2D eigenvalue weighted by Crippen LogP contribution is 2.40. The molecule has 0 aliphatic heterocycles. The molecule has 36 heavy (non-hydrogen) atoms. The van der Waals surface area contributed by atoms with E-state index in [4.69, 9.17) is 4.98 Å². The van der Waals surface area contributed by atoms with E-state index in [9.17, 15) is 0 Å². The Bertz CT molecular complexity index is 2080. The lowest BCUT2D eigenvalue weighted by atomic mass is 10.1. The van der Waals surface area contributed by atoms with Crippen LogP contribution in [0.15, 0.2) is 128 Å². The quantitative estimate of drug-likeness (QED) is 0.254. The Labute approximate surface area is 207 Å². The van der Waals surface area contributed by atoms with Crippen LogP contribution in [0.3, 0.4) is 0 Å². The predicted molar refractivity (Wildman–Crippen MR) is 150 cm³/mol. The second kappa shape index (κ2) is 7.30. The molecule has 168 valence electrons. The van der Waals surface area contributed by atoms with E-state index in [0.717, 1.165) is 5.82 Å². The molecule has 0 bridgehead atoms. The third-order valence-corrected chi connectivity index (χ3v) is 7.32. The first-order valence-corrected chi connectivity index (χ1v) is 12.2. The second-order valence-corrected chi connectivity index (χ2v) is 9.31. The Morgan fingerprint density at radius 3 is 1.83 bits per heavy atom. The lowest BCUT2D eigenvalue weighted by Crippen LogP contribution is -1.96. The fourth-order valence-corrected chi connectivity index (χ4v) is 5.75. The van der Waals surface area contributed by atoms with E-state index in [0.29, 0.717) is 0 Å². The minimum atomic E-state index is 0.931. The van der Waals surface area contributed by atoms with Gasteiger partial charge in [0.25, 0.3) is 0 Å². The van der Waals surface area contributed by atoms with E-state index in [1.807, 2.05) is 12.3 Å². The van der Waals surface area contributed by atoms with Gasteiger partial charge in [-0.1, -0.05) is 66.7 Å². The molecular formula is C33H21N3. The van der Waals surface area contributed by atoms with E-state index in [-0.39, 0.29) is 0 Å². The molecule has 0 saturated carbocycles. The topological polar surface area (TPSA) is 22.8 Å². The van der Waals surface area contributed by atoms with Crippen molar-refractivity contribution in [1.29, 1.82) is 0 Å². The van der Waals surface area contributed by atoms with Crippen molar-refractivity contribution in [3.63, 3.8) is 0 Å². The minimum Gasteiger partial charge on any atom is -0.309 e. The van der Waals surface area contributed by atoms with Gasteiger partial charge in [-0.3, -0.25) is 4.57 Å². The average molecular weight is 460 g/mol. The molecular weight excluding hydrogens is 438 g/mol. The maximum atomic E-state index is 4.72. The molecule has 0 fully saturated rings. The molecule has 0 atom stereocenters. The van der Waals surface area contributed by atoms with Crippen LogP contribution in [0.4, 0.5) is 0 Å². The first-order chi connectivity index (χ1) is 17.9. The van der Waals surface area contributed by atoms with Crippen LogP contribution >= 0.6 is 0 Å². The summed E-state index contributed by atoms with van der Waals surface area (Å²) < 4.78 is 4.69. The number of pyridine rings is 1. The van der Waals surface area contributed by atoms with Gasteiger partial charge in [-0.25, -0.2) is 4.98 Å². The van der Waals surface area contributed by atoms with Gasteiger partial charge < -0.3 is 4.57 Å². The minimum absolute atomic E-state index is 0.931. The molecule has 5 aromatic carbocycles. The normalized spacial score (nSPS) is 11.9. The van der Waals surface area contributed by atoms with E-state index in [1.54, 1.807) is 0 Å². The van der Waals surface area contributed by atoms with E-state index in [1.165, 1.54) is 60.1 Å². The van der Waals surface area contributed by atoms with Crippen LogP contribution in [0.1, 0.15) is 0 Å². The van der Waals surface area contributed by atoms with Gasteiger partial charge in [0.2, 0.25) is 0 Å². The monoisotopic (exact) mass is 459 g/mol. The number of hydrogen-bond donors (Lipinski definition) is 0. The van der Waals surface area contributed by atoms with Crippen LogP contribution < -0.4 is 0 Å². The van der Waals surface area contributed by atoms with Gasteiger partial charge in [-0.05, 0) is 65.4 Å². The third-order valence-electron chi connectivity index (χ3n) is 7.32. The fraction of sp³-hybridized carbons (Fsp3) is 0. The van der Waals surface area contributed by atoms with Gasteiger partial charge in [0.05, 0.1) is 22.1 Å². The molecule has 0 N–H and O–H groups in total. The standard InChI is InChI=1S/C33H21N3/c1-2-12-24(13-3-1)35-30-19-23-11-5-4-10-22(23)18-26(30)28-21-32-27(20-31(28)35)25-14-6-7-15-29(25)36(32)33-16-8-9-17-34-33/h1-21H. The summed E-state index contributed by atoms with van der Waals surface area (Å²) >= 11 is 0. The van der Waals surface area contributed by atoms with Crippen LogP contribution in [-0.4, -0.2) is 14.1 Å². The summed E-state index contributed by atoms with van der Waals surface area (Å²) in [6.45, 7) is 0. The zero-order chi connectivity index (χ0) is 23.6. The van der Waals surface area contributed by atoms with E-state index < -0.39 is 0 Å². The Kier molecular flexibility index (Phi) is 3.94. The number of rotatable bonds is 2. The number of fused-ring (bicyclic) bond motifs is 7. The van der Waals surface area contributed by atoms with Crippen LogP contribution in [-0.2, 0) is 0 Å². The zero-order valence-electron chi connectivity index (χ0n) is 19.5. The summed E-state index contributed by atoms with van der Waals surface area (Å²) in [7, 11) is 0. The fourth-order valence-electron chi connectivity index (χ4n) is 5.75. The Morgan fingerprint density at radius 2 is 1.03 bits per heavy atom. The van der Waals surface area contributed by atoms with Crippen molar-refractivity contribution in [2.75, 3.05) is 0 Å². The van der Waals surface area contributed by atoms with E-state index >= 15 is 0 Å². The van der Waals surface area contributed by atoms with Crippen LogP contribution in [0, 0.1) is 0 Å². The second-order valence-electron chi connectivity index (χ2n) is 9.31. The van der Waals surface area contributed by atoms with Crippen molar-refractivity contribution in [2.45, 2.75) is 0 Å². The van der Waals surface area contributed by atoms with Gasteiger partial charge in [0.1, 0.15) is 5.82 Å². The first kappa shape index (κ1) is 19.4. The number of benzene rings is 5. The molecule has 0 spiro atoms. The van der Waals surface area contributed by atoms with Gasteiger partial charge in [-0.15, -0.1) is 0 Å². The molecule has 0 aliphatic rings. The molecule has 3 aromatic heterocycles. The van der Waals surface area contributed by atoms with Crippen molar-refractivity contribution < 1.29 is 0 Å².